The summed E-state index contributed by atoms with van der Waals surface area (Å²) in [6.07, 6.45) is 1.06. The van der Waals surface area contributed by atoms with Crippen LogP contribution in [0.25, 0.3) is 10.9 Å². The van der Waals surface area contributed by atoms with Gasteiger partial charge in [-0.05, 0) is 55.7 Å². The lowest BCUT2D eigenvalue weighted by atomic mass is 10.1. The summed E-state index contributed by atoms with van der Waals surface area (Å²) in [6.45, 7) is 4.62. The number of halogens is 1. The number of ether oxygens (including phenoxy) is 2. The molecule has 6 heteroatoms. The zero-order chi connectivity index (χ0) is 20.3. The molecule has 0 aliphatic heterocycles. The van der Waals surface area contributed by atoms with Crippen molar-refractivity contribution in [2.24, 2.45) is 0 Å². The van der Waals surface area contributed by atoms with Gasteiger partial charge in [-0.25, -0.2) is 0 Å². The second-order valence-corrected chi connectivity index (χ2v) is 7.71. The van der Waals surface area contributed by atoms with Crippen LogP contribution in [0, 0.1) is 13.8 Å². The summed E-state index contributed by atoms with van der Waals surface area (Å²) in [4.78, 5) is 15.9. The van der Waals surface area contributed by atoms with Crippen molar-refractivity contribution in [1.82, 2.24) is 10.3 Å². The Balaban J connectivity index is 1.64. The number of methoxy groups -OCH3 is 2. The van der Waals surface area contributed by atoms with Crippen molar-refractivity contribution in [3.63, 3.8) is 0 Å². The predicted octanol–water partition coefficient (Wildman–Crippen LogP) is 4.47. The molecule has 0 saturated carbocycles. The van der Waals surface area contributed by atoms with Gasteiger partial charge in [0.2, 0.25) is 5.91 Å². The third-order valence-corrected chi connectivity index (χ3v) is 5.62. The molecule has 3 aromatic rings. The molecule has 0 radical (unpaired) electrons. The van der Waals surface area contributed by atoms with E-state index in [4.69, 9.17) is 9.47 Å². The van der Waals surface area contributed by atoms with Crippen LogP contribution in [0.2, 0.25) is 0 Å². The molecule has 1 heterocycles. The van der Waals surface area contributed by atoms with E-state index in [-0.39, 0.29) is 5.91 Å². The number of fused-ring (bicyclic) bond motifs is 1. The molecule has 28 heavy (non-hydrogen) atoms. The molecule has 1 amide bonds. The first-order valence-electron chi connectivity index (χ1n) is 9.17. The van der Waals surface area contributed by atoms with E-state index in [2.05, 4.69) is 51.4 Å². The molecule has 5 nitrogen and oxygen atoms in total. The summed E-state index contributed by atoms with van der Waals surface area (Å²) >= 11 is 3.56. The highest BCUT2D eigenvalue weighted by molar-refractivity contribution is 9.10. The van der Waals surface area contributed by atoms with Crippen LogP contribution < -0.4 is 14.8 Å². The van der Waals surface area contributed by atoms with Crippen LogP contribution in [0.4, 0.5) is 0 Å². The van der Waals surface area contributed by atoms with Crippen molar-refractivity contribution in [2.45, 2.75) is 26.7 Å². The molecule has 0 atom stereocenters. The summed E-state index contributed by atoms with van der Waals surface area (Å²) in [5, 5.41) is 4.14. The Morgan fingerprint density at radius 3 is 2.54 bits per heavy atom. The first-order chi connectivity index (χ1) is 13.4. The minimum Gasteiger partial charge on any atom is -0.493 e. The zero-order valence-corrected chi connectivity index (χ0v) is 18.2. The van der Waals surface area contributed by atoms with Crippen molar-refractivity contribution in [1.29, 1.82) is 0 Å². The molecule has 0 unspecified atom stereocenters. The number of carbonyl (C=O) groups is 1. The van der Waals surface area contributed by atoms with Crippen LogP contribution in [-0.4, -0.2) is 31.7 Å². The van der Waals surface area contributed by atoms with Gasteiger partial charge >= 0.3 is 0 Å². The number of amides is 1. The molecular weight excluding hydrogens is 420 g/mol. The SMILES string of the molecule is COc1cc(Br)c(CCNC(=O)Cc2c(C)[nH]c3ccc(C)cc23)cc1OC. The third-order valence-electron chi connectivity index (χ3n) is 4.88. The first-order valence-corrected chi connectivity index (χ1v) is 9.97. The maximum Gasteiger partial charge on any atom is 0.224 e. The van der Waals surface area contributed by atoms with Crippen LogP contribution in [0.5, 0.6) is 11.5 Å². The van der Waals surface area contributed by atoms with Gasteiger partial charge in [-0.2, -0.15) is 0 Å². The van der Waals surface area contributed by atoms with Crippen molar-refractivity contribution in [3.05, 3.63) is 57.2 Å². The summed E-state index contributed by atoms with van der Waals surface area (Å²) in [6, 6.07) is 10.1. The van der Waals surface area contributed by atoms with E-state index in [1.807, 2.05) is 19.1 Å². The zero-order valence-electron chi connectivity index (χ0n) is 16.6. The Morgan fingerprint density at radius 2 is 1.82 bits per heavy atom. The Labute approximate surface area is 173 Å². The first kappa shape index (κ1) is 20.3. The number of hydrogen-bond donors (Lipinski definition) is 2. The highest BCUT2D eigenvalue weighted by Gasteiger charge is 2.13. The van der Waals surface area contributed by atoms with Crippen LogP contribution in [0.1, 0.15) is 22.4 Å². The monoisotopic (exact) mass is 444 g/mol. The van der Waals surface area contributed by atoms with Crippen LogP contribution in [0.3, 0.4) is 0 Å². The standard InChI is InChI=1S/C22H25BrN2O3/c1-13-5-6-19-17(9-13)16(14(2)25-19)11-22(26)24-8-7-15-10-20(27-3)21(28-4)12-18(15)23/h5-6,9-10,12,25H,7-8,11H2,1-4H3,(H,24,26). The number of rotatable bonds is 7. The average Bonchev–Trinajstić information content (AvgIpc) is 2.97. The fourth-order valence-electron chi connectivity index (χ4n) is 3.37. The number of aromatic amines is 1. The van der Waals surface area contributed by atoms with Crippen LogP contribution in [0.15, 0.2) is 34.8 Å². The van der Waals surface area contributed by atoms with E-state index in [0.717, 1.165) is 32.2 Å². The maximum atomic E-state index is 12.5. The van der Waals surface area contributed by atoms with Gasteiger partial charge in [-0.3, -0.25) is 4.79 Å². The van der Waals surface area contributed by atoms with E-state index >= 15 is 0 Å². The second-order valence-electron chi connectivity index (χ2n) is 6.85. The minimum atomic E-state index is 0.0158. The van der Waals surface area contributed by atoms with Gasteiger partial charge in [0.15, 0.2) is 11.5 Å². The molecule has 0 aliphatic carbocycles. The summed E-state index contributed by atoms with van der Waals surface area (Å²) in [5.41, 5.74) is 5.41. The molecule has 148 valence electrons. The summed E-state index contributed by atoms with van der Waals surface area (Å²) in [5.74, 6) is 1.37. The number of carbonyl (C=O) groups excluding carboxylic acids is 1. The Hall–Kier alpha value is -2.47. The second kappa shape index (κ2) is 8.69. The Bertz CT molecular complexity index is 1010. The minimum absolute atomic E-state index is 0.0158. The van der Waals surface area contributed by atoms with E-state index < -0.39 is 0 Å². The fourth-order valence-corrected chi connectivity index (χ4v) is 3.89. The molecule has 0 saturated heterocycles. The van der Waals surface area contributed by atoms with Crippen LogP contribution >= 0.6 is 15.9 Å². The Morgan fingerprint density at radius 1 is 1.11 bits per heavy atom. The van der Waals surface area contributed by atoms with E-state index in [1.54, 1.807) is 14.2 Å². The van der Waals surface area contributed by atoms with E-state index in [9.17, 15) is 4.79 Å². The highest BCUT2D eigenvalue weighted by Crippen LogP contribution is 2.33. The molecular formula is C22H25BrN2O3. The lowest BCUT2D eigenvalue weighted by Gasteiger charge is -2.12. The topological polar surface area (TPSA) is 63.3 Å². The maximum absolute atomic E-state index is 12.5. The Kier molecular flexibility index (Phi) is 6.29. The molecule has 2 aromatic carbocycles. The van der Waals surface area contributed by atoms with Gasteiger partial charge in [0.25, 0.3) is 0 Å². The largest absolute Gasteiger partial charge is 0.493 e. The number of aryl methyl sites for hydroxylation is 2. The van der Waals surface area contributed by atoms with Crippen molar-refractivity contribution < 1.29 is 14.3 Å². The molecule has 0 fully saturated rings. The lowest BCUT2D eigenvalue weighted by molar-refractivity contribution is -0.120. The molecule has 3 rings (SSSR count). The number of aromatic nitrogens is 1. The van der Waals surface area contributed by atoms with Gasteiger partial charge in [0.1, 0.15) is 0 Å². The lowest BCUT2D eigenvalue weighted by Crippen LogP contribution is -2.27. The molecule has 0 spiro atoms. The summed E-state index contributed by atoms with van der Waals surface area (Å²) < 4.78 is 11.6. The number of H-pyrrole nitrogens is 1. The highest BCUT2D eigenvalue weighted by atomic mass is 79.9. The molecule has 1 aromatic heterocycles. The van der Waals surface area contributed by atoms with Gasteiger partial charge in [0, 0.05) is 27.6 Å². The normalized spacial score (nSPS) is 10.9. The van der Waals surface area contributed by atoms with E-state index in [0.29, 0.717) is 30.9 Å². The van der Waals surface area contributed by atoms with Crippen molar-refractivity contribution >= 4 is 32.7 Å². The summed E-state index contributed by atoms with van der Waals surface area (Å²) in [7, 11) is 3.22. The van der Waals surface area contributed by atoms with Gasteiger partial charge < -0.3 is 19.8 Å². The van der Waals surface area contributed by atoms with Crippen molar-refractivity contribution in [3.8, 4) is 11.5 Å². The van der Waals surface area contributed by atoms with Gasteiger partial charge in [-0.15, -0.1) is 0 Å². The number of benzene rings is 2. The quantitative estimate of drug-likeness (QED) is 0.564. The van der Waals surface area contributed by atoms with Gasteiger partial charge in [0.05, 0.1) is 20.6 Å². The predicted molar refractivity (Wildman–Crippen MR) is 115 cm³/mol. The molecule has 2 N–H and O–H groups in total. The molecule has 0 aliphatic rings. The fraction of sp³-hybridized carbons (Fsp3) is 0.318. The smallest absolute Gasteiger partial charge is 0.224 e. The van der Waals surface area contributed by atoms with Crippen LogP contribution in [-0.2, 0) is 17.6 Å². The number of hydrogen-bond acceptors (Lipinski definition) is 3. The molecule has 0 bridgehead atoms. The van der Waals surface area contributed by atoms with E-state index in [1.165, 1.54) is 5.56 Å². The number of nitrogens with one attached hydrogen (secondary N) is 2. The average molecular weight is 445 g/mol. The van der Waals surface area contributed by atoms with Crippen molar-refractivity contribution in [2.75, 3.05) is 20.8 Å². The third kappa shape index (κ3) is 4.33. The van der Waals surface area contributed by atoms with Gasteiger partial charge in [-0.1, -0.05) is 27.6 Å².